The van der Waals surface area contributed by atoms with Crippen LogP contribution >= 0.6 is 0 Å². The molecule has 1 heteroatoms. The topological polar surface area (TPSA) is 9.23 Å². The van der Waals surface area contributed by atoms with E-state index in [9.17, 15) is 0 Å². The van der Waals surface area contributed by atoms with Crippen LogP contribution in [0.1, 0.15) is 6.42 Å². The zero-order valence-electron chi connectivity index (χ0n) is 4.27. The van der Waals surface area contributed by atoms with Gasteiger partial charge in [-0.15, -0.1) is 0 Å². The maximum absolute atomic E-state index is 4.83. The molecule has 0 aromatic carbocycles. The Hall–Kier alpha value is -0.720. The van der Waals surface area contributed by atoms with Crippen molar-refractivity contribution in [2.75, 3.05) is 7.11 Å². The quantitative estimate of drug-likeness (QED) is 0.476. The summed E-state index contributed by atoms with van der Waals surface area (Å²) in [5.41, 5.74) is 0. The first kappa shape index (κ1) is 4.44. The molecule has 0 saturated carbocycles. The van der Waals surface area contributed by atoms with Gasteiger partial charge < -0.3 is 4.74 Å². The van der Waals surface area contributed by atoms with Gasteiger partial charge in [-0.3, -0.25) is 0 Å². The third-order valence-corrected chi connectivity index (χ3v) is 0.883. The van der Waals surface area contributed by atoms with Crippen LogP contribution in [0.5, 0.6) is 0 Å². The van der Waals surface area contributed by atoms with E-state index >= 15 is 0 Å². The van der Waals surface area contributed by atoms with Gasteiger partial charge in [0.1, 0.15) is 5.76 Å². The van der Waals surface area contributed by atoms with Crippen LogP contribution in [0.3, 0.4) is 0 Å². The lowest BCUT2D eigenvalue weighted by Gasteiger charge is -1.90. The second-order valence-electron chi connectivity index (χ2n) is 1.35. The fourth-order valence-electron chi connectivity index (χ4n) is 0.525. The van der Waals surface area contributed by atoms with Crippen molar-refractivity contribution in [2.45, 2.75) is 6.42 Å². The Morgan fingerprint density at radius 3 is 3.00 bits per heavy atom. The Labute approximate surface area is 43.3 Å². The first-order valence-corrected chi connectivity index (χ1v) is 2.25. The van der Waals surface area contributed by atoms with Gasteiger partial charge in [0.05, 0.1) is 7.11 Å². The molecule has 1 aliphatic carbocycles. The molecule has 0 aliphatic heterocycles. The Morgan fingerprint density at radius 2 is 2.71 bits per heavy atom. The molecule has 0 saturated heterocycles. The molecule has 0 fully saturated rings. The molecule has 0 aromatic heterocycles. The maximum atomic E-state index is 4.83. The minimum absolute atomic E-state index is 0.861. The largest absolute Gasteiger partial charge is 0.496 e. The third-order valence-electron chi connectivity index (χ3n) is 0.883. The lowest BCUT2D eigenvalue weighted by Crippen LogP contribution is -1.74. The smallest absolute Gasteiger partial charge is 0.122 e. The molecule has 0 atom stereocenters. The van der Waals surface area contributed by atoms with E-state index in [4.69, 9.17) is 4.74 Å². The summed E-state index contributed by atoms with van der Waals surface area (Å²) in [5, 5.41) is 0. The van der Waals surface area contributed by atoms with Gasteiger partial charge >= 0.3 is 0 Å². The van der Waals surface area contributed by atoms with Crippen molar-refractivity contribution in [2.24, 2.45) is 0 Å². The summed E-state index contributed by atoms with van der Waals surface area (Å²) in [5.74, 6) is 0.861. The molecule has 7 heavy (non-hydrogen) atoms. The summed E-state index contributed by atoms with van der Waals surface area (Å²) in [7, 11) is 1.65. The van der Waals surface area contributed by atoms with Crippen molar-refractivity contribution in [3.63, 3.8) is 0 Å². The van der Waals surface area contributed by atoms with Crippen molar-refractivity contribution in [1.29, 1.82) is 0 Å². The van der Waals surface area contributed by atoms with Crippen molar-refractivity contribution >= 4 is 0 Å². The van der Waals surface area contributed by atoms with Crippen LogP contribution in [0.4, 0.5) is 0 Å². The molecule has 0 aromatic rings. The van der Waals surface area contributed by atoms with Crippen LogP contribution in [0.2, 0.25) is 0 Å². The molecule has 1 nitrogen and oxygen atoms in total. The zero-order chi connectivity index (χ0) is 5.11. The summed E-state index contributed by atoms with van der Waals surface area (Å²) in [6.07, 6.45) is 7.82. The molecule has 0 N–H and O–H groups in total. The highest BCUT2D eigenvalue weighted by molar-refractivity contribution is 5.15. The van der Waals surface area contributed by atoms with Crippen molar-refractivity contribution in [1.82, 2.24) is 0 Å². The molecule has 0 unspecified atom stereocenters. The van der Waals surface area contributed by atoms with E-state index in [0.29, 0.717) is 0 Å². The van der Waals surface area contributed by atoms with E-state index in [0.717, 1.165) is 12.2 Å². The van der Waals surface area contributed by atoms with E-state index in [1.807, 2.05) is 12.2 Å². The van der Waals surface area contributed by atoms with E-state index in [1.54, 1.807) is 7.11 Å². The fourth-order valence-corrected chi connectivity index (χ4v) is 0.525. The summed E-state index contributed by atoms with van der Waals surface area (Å²) >= 11 is 0. The summed E-state index contributed by atoms with van der Waals surface area (Å²) in [6.45, 7) is 0. The average Bonchev–Trinajstić information content (AvgIpc) is 2.14. The molecule has 0 heterocycles. The van der Waals surface area contributed by atoms with Crippen LogP contribution in [0, 0.1) is 6.08 Å². The van der Waals surface area contributed by atoms with Crippen LogP contribution in [0.25, 0.3) is 0 Å². The zero-order valence-corrected chi connectivity index (χ0v) is 4.27. The number of methoxy groups -OCH3 is 1. The van der Waals surface area contributed by atoms with Crippen LogP contribution in [-0.4, -0.2) is 7.11 Å². The number of hydrogen-bond donors (Lipinski definition) is 0. The monoisotopic (exact) mass is 95.0 g/mol. The SMILES string of the molecule is COC1=[C]CC=C1. The van der Waals surface area contributed by atoms with Gasteiger partial charge in [0.25, 0.3) is 0 Å². The number of hydrogen-bond acceptors (Lipinski definition) is 1. The van der Waals surface area contributed by atoms with Crippen molar-refractivity contribution in [3.05, 3.63) is 24.0 Å². The lowest BCUT2D eigenvalue weighted by molar-refractivity contribution is 0.305. The normalized spacial score (nSPS) is 17.0. The van der Waals surface area contributed by atoms with Gasteiger partial charge in [0, 0.05) is 6.08 Å². The number of ether oxygens (including phenoxy) is 1. The van der Waals surface area contributed by atoms with Crippen LogP contribution in [-0.2, 0) is 4.74 Å². The molecular formula is C6H7O. The highest BCUT2D eigenvalue weighted by Gasteiger charge is 1.92. The van der Waals surface area contributed by atoms with Gasteiger partial charge in [-0.05, 0) is 12.5 Å². The minimum Gasteiger partial charge on any atom is -0.496 e. The molecule has 0 spiro atoms. The Morgan fingerprint density at radius 1 is 1.86 bits per heavy atom. The number of rotatable bonds is 1. The van der Waals surface area contributed by atoms with Gasteiger partial charge in [0.15, 0.2) is 0 Å². The summed E-state index contributed by atoms with van der Waals surface area (Å²) in [4.78, 5) is 0. The first-order chi connectivity index (χ1) is 3.43. The molecule has 0 bridgehead atoms. The second-order valence-corrected chi connectivity index (χ2v) is 1.35. The van der Waals surface area contributed by atoms with Crippen LogP contribution < -0.4 is 0 Å². The Bertz CT molecular complexity index is 111. The number of allylic oxidation sites excluding steroid dienone is 3. The highest BCUT2D eigenvalue weighted by Crippen LogP contribution is 2.06. The third kappa shape index (κ3) is 0.829. The lowest BCUT2D eigenvalue weighted by atomic mass is 10.5. The second kappa shape index (κ2) is 1.82. The first-order valence-electron chi connectivity index (χ1n) is 2.25. The highest BCUT2D eigenvalue weighted by atomic mass is 16.5. The van der Waals surface area contributed by atoms with Crippen molar-refractivity contribution in [3.8, 4) is 0 Å². The van der Waals surface area contributed by atoms with Gasteiger partial charge in [-0.1, -0.05) is 6.08 Å². The van der Waals surface area contributed by atoms with E-state index < -0.39 is 0 Å². The molecule has 0 amide bonds. The molecule has 1 aliphatic rings. The van der Waals surface area contributed by atoms with Crippen molar-refractivity contribution < 1.29 is 4.74 Å². The fraction of sp³-hybridized carbons (Fsp3) is 0.333. The van der Waals surface area contributed by atoms with Gasteiger partial charge in [-0.25, -0.2) is 0 Å². The predicted octanol–water partition coefficient (Wildman–Crippen LogP) is 1.28. The predicted molar refractivity (Wildman–Crippen MR) is 27.5 cm³/mol. The average molecular weight is 95.1 g/mol. The Kier molecular flexibility index (Phi) is 1.16. The summed E-state index contributed by atoms with van der Waals surface area (Å²) < 4.78 is 4.83. The minimum atomic E-state index is 0.861. The maximum Gasteiger partial charge on any atom is 0.122 e. The van der Waals surface area contributed by atoms with E-state index in [2.05, 4.69) is 6.08 Å². The molecule has 1 rings (SSSR count). The summed E-state index contributed by atoms with van der Waals surface area (Å²) in [6, 6.07) is 0. The van der Waals surface area contributed by atoms with E-state index in [-0.39, 0.29) is 0 Å². The molecule has 37 valence electrons. The standard InChI is InChI=1S/C6H7O/c1-7-6-4-2-3-5-6/h2,4H,3H2,1H3. The Balaban J connectivity index is 2.52. The molecular weight excluding hydrogens is 88.1 g/mol. The van der Waals surface area contributed by atoms with Gasteiger partial charge in [-0.2, -0.15) is 0 Å². The van der Waals surface area contributed by atoms with Crippen LogP contribution in [0.15, 0.2) is 17.9 Å². The van der Waals surface area contributed by atoms with E-state index in [1.165, 1.54) is 0 Å². The molecule has 1 radical (unpaired) electrons. The van der Waals surface area contributed by atoms with Gasteiger partial charge in [0.2, 0.25) is 0 Å².